The van der Waals surface area contributed by atoms with Gasteiger partial charge in [-0.2, -0.15) is 0 Å². The normalized spacial score (nSPS) is 11.2. The number of halogens is 4. The predicted octanol–water partition coefficient (Wildman–Crippen LogP) is 5.79. The minimum absolute atomic E-state index is 0.0371. The summed E-state index contributed by atoms with van der Waals surface area (Å²) in [5, 5.41) is 0.876. The maximum atomic E-state index is 13.7. The van der Waals surface area contributed by atoms with Gasteiger partial charge in [-0.05, 0) is 36.5 Å². The van der Waals surface area contributed by atoms with Crippen LogP contribution < -0.4 is 0 Å². The third kappa shape index (κ3) is 2.23. The molecule has 0 amide bonds. The lowest BCUT2D eigenvalue weighted by atomic mass is 10.2. The molecule has 3 rings (SSSR count). The summed E-state index contributed by atoms with van der Waals surface area (Å²) in [6, 6.07) is 7.90. The van der Waals surface area contributed by atoms with Crippen LogP contribution in [0.1, 0.15) is 0 Å². The van der Waals surface area contributed by atoms with E-state index in [1.54, 1.807) is 22.8 Å². The van der Waals surface area contributed by atoms with Crippen molar-refractivity contribution >= 4 is 58.1 Å². The van der Waals surface area contributed by atoms with Gasteiger partial charge in [-0.1, -0.05) is 34.8 Å². The second-order valence-electron chi connectivity index (χ2n) is 4.15. The molecule has 0 unspecified atom stereocenters. The Hall–Kier alpha value is -1.07. The van der Waals surface area contributed by atoms with Crippen LogP contribution in [0.4, 0.5) is 4.39 Å². The molecular weight excluding hydrogens is 342 g/mol. The Morgan fingerprint density at radius 1 is 1.00 bits per heavy atom. The van der Waals surface area contributed by atoms with Crippen molar-refractivity contribution < 1.29 is 4.39 Å². The lowest BCUT2D eigenvalue weighted by Gasteiger charge is -2.06. The Morgan fingerprint density at radius 3 is 2.45 bits per heavy atom. The number of H-pyrrole nitrogens is 1. The molecular formula is C13H6Cl3FN2S. The fraction of sp³-hybridized carbons (Fsp3) is 0. The number of aromatic amines is 1. The first kappa shape index (κ1) is 13.9. The van der Waals surface area contributed by atoms with E-state index in [-0.39, 0.29) is 5.02 Å². The second kappa shape index (κ2) is 5.04. The minimum Gasteiger partial charge on any atom is -0.330 e. The molecule has 20 heavy (non-hydrogen) atoms. The maximum Gasteiger partial charge on any atom is 0.182 e. The highest BCUT2D eigenvalue weighted by Crippen LogP contribution is 2.28. The average molecular weight is 348 g/mol. The molecule has 0 spiro atoms. The molecule has 1 heterocycles. The van der Waals surface area contributed by atoms with Crippen LogP contribution in [-0.2, 0) is 0 Å². The molecule has 0 radical (unpaired) electrons. The summed E-state index contributed by atoms with van der Waals surface area (Å²) < 4.78 is 15.7. The van der Waals surface area contributed by atoms with Crippen molar-refractivity contribution in [1.82, 2.24) is 9.55 Å². The van der Waals surface area contributed by atoms with Crippen molar-refractivity contribution in [3.8, 4) is 5.69 Å². The molecule has 0 aliphatic carbocycles. The van der Waals surface area contributed by atoms with Gasteiger partial charge in [0.25, 0.3) is 0 Å². The highest BCUT2D eigenvalue weighted by Gasteiger charge is 2.11. The van der Waals surface area contributed by atoms with Gasteiger partial charge in [0, 0.05) is 6.07 Å². The molecule has 7 heteroatoms. The largest absolute Gasteiger partial charge is 0.330 e. The summed E-state index contributed by atoms with van der Waals surface area (Å²) in [7, 11) is 0. The van der Waals surface area contributed by atoms with Gasteiger partial charge in [-0.25, -0.2) is 4.39 Å². The number of nitrogens with zero attached hydrogens (tertiary/aromatic N) is 1. The number of benzene rings is 2. The molecule has 0 aliphatic rings. The molecule has 2 nitrogen and oxygen atoms in total. The number of aromatic nitrogens is 2. The van der Waals surface area contributed by atoms with E-state index in [4.69, 9.17) is 47.0 Å². The van der Waals surface area contributed by atoms with Crippen molar-refractivity contribution in [3.63, 3.8) is 0 Å². The standard InChI is InChI=1S/C13H6Cl3FN2S/c14-7-2-1-6(3-8(7)15)19-12-5-10(17)9(16)4-11(12)18-13(19)20/h1-5H,(H,18,20). The van der Waals surface area contributed by atoms with Crippen molar-refractivity contribution in [2.24, 2.45) is 0 Å². The summed E-state index contributed by atoms with van der Waals surface area (Å²) in [6.07, 6.45) is 0. The first-order valence-electron chi connectivity index (χ1n) is 5.52. The third-order valence-corrected chi connectivity index (χ3v) is 4.20. The molecule has 2 aromatic carbocycles. The number of hydrogen-bond acceptors (Lipinski definition) is 1. The Kier molecular flexibility index (Phi) is 3.50. The van der Waals surface area contributed by atoms with E-state index in [1.165, 1.54) is 12.1 Å². The van der Waals surface area contributed by atoms with Crippen LogP contribution in [-0.4, -0.2) is 9.55 Å². The van der Waals surface area contributed by atoms with E-state index in [2.05, 4.69) is 4.98 Å². The Morgan fingerprint density at radius 2 is 1.75 bits per heavy atom. The van der Waals surface area contributed by atoms with Crippen LogP contribution in [0.5, 0.6) is 0 Å². The van der Waals surface area contributed by atoms with Crippen LogP contribution >= 0.6 is 47.0 Å². The first-order valence-corrected chi connectivity index (χ1v) is 7.07. The van der Waals surface area contributed by atoms with E-state index in [9.17, 15) is 4.39 Å². The number of rotatable bonds is 1. The van der Waals surface area contributed by atoms with Crippen molar-refractivity contribution in [2.45, 2.75) is 0 Å². The molecule has 1 N–H and O–H groups in total. The smallest absolute Gasteiger partial charge is 0.182 e. The van der Waals surface area contributed by atoms with E-state index in [0.717, 1.165) is 0 Å². The van der Waals surface area contributed by atoms with Crippen LogP contribution in [0.2, 0.25) is 15.1 Å². The molecule has 0 saturated heterocycles. The topological polar surface area (TPSA) is 20.7 Å². The van der Waals surface area contributed by atoms with E-state index < -0.39 is 5.82 Å². The fourth-order valence-corrected chi connectivity index (χ4v) is 2.75. The van der Waals surface area contributed by atoms with Gasteiger partial charge < -0.3 is 4.98 Å². The molecule has 0 fully saturated rings. The number of hydrogen-bond donors (Lipinski definition) is 1. The zero-order chi connectivity index (χ0) is 14.4. The predicted molar refractivity (Wildman–Crippen MR) is 83.4 cm³/mol. The molecule has 0 atom stereocenters. The van der Waals surface area contributed by atoms with Crippen LogP contribution in [0, 0.1) is 10.6 Å². The molecule has 102 valence electrons. The lowest BCUT2D eigenvalue weighted by molar-refractivity contribution is 0.629. The molecule has 3 aromatic rings. The van der Waals surface area contributed by atoms with Gasteiger partial charge in [-0.15, -0.1) is 0 Å². The van der Waals surface area contributed by atoms with Crippen molar-refractivity contribution in [1.29, 1.82) is 0 Å². The number of fused-ring (bicyclic) bond motifs is 1. The third-order valence-electron chi connectivity index (χ3n) is 2.89. The SMILES string of the molecule is Fc1cc2c(cc1Cl)[nH]c(=S)n2-c1ccc(Cl)c(Cl)c1. The monoisotopic (exact) mass is 346 g/mol. The van der Waals surface area contributed by atoms with Gasteiger partial charge in [0.05, 0.1) is 31.8 Å². The lowest BCUT2D eigenvalue weighted by Crippen LogP contribution is -1.94. The van der Waals surface area contributed by atoms with Gasteiger partial charge in [-0.3, -0.25) is 4.57 Å². The molecule has 0 aliphatic heterocycles. The number of imidazole rings is 1. The summed E-state index contributed by atoms with van der Waals surface area (Å²) in [6.45, 7) is 0. The minimum atomic E-state index is -0.512. The van der Waals surface area contributed by atoms with Crippen molar-refractivity contribution in [2.75, 3.05) is 0 Å². The van der Waals surface area contributed by atoms with E-state index in [0.29, 0.717) is 31.5 Å². The first-order chi connectivity index (χ1) is 9.47. The highest BCUT2D eigenvalue weighted by molar-refractivity contribution is 7.71. The van der Waals surface area contributed by atoms with Gasteiger partial charge in [0.1, 0.15) is 5.82 Å². The van der Waals surface area contributed by atoms with Gasteiger partial charge in [0.2, 0.25) is 0 Å². The quantitative estimate of drug-likeness (QED) is 0.553. The summed E-state index contributed by atoms with van der Waals surface area (Å²) in [4.78, 5) is 2.98. The summed E-state index contributed by atoms with van der Waals surface area (Å²) >= 11 is 22.9. The zero-order valence-electron chi connectivity index (χ0n) is 9.75. The fourth-order valence-electron chi connectivity index (χ4n) is 1.98. The number of nitrogens with one attached hydrogen (secondary N) is 1. The Balaban J connectivity index is 2.35. The molecule has 0 saturated carbocycles. The molecule has 1 aromatic heterocycles. The van der Waals surface area contributed by atoms with Gasteiger partial charge in [0.15, 0.2) is 4.77 Å². The summed E-state index contributed by atoms with van der Waals surface area (Å²) in [5.74, 6) is -0.512. The van der Waals surface area contributed by atoms with Crippen molar-refractivity contribution in [3.05, 3.63) is 56.0 Å². The Labute approximate surface area is 133 Å². The van der Waals surface area contributed by atoms with Gasteiger partial charge >= 0.3 is 0 Å². The van der Waals surface area contributed by atoms with Crippen LogP contribution in [0.25, 0.3) is 16.7 Å². The van der Waals surface area contributed by atoms with E-state index in [1.807, 2.05) is 0 Å². The van der Waals surface area contributed by atoms with Crippen LogP contribution in [0.3, 0.4) is 0 Å². The Bertz CT molecular complexity index is 885. The van der Waals surface area contributed by atoms with E-state index >= 15 is 0 Å². The zero-order valence-corrected chi connectivity index (χ0v) is 12.8. The highest BCUT2D eigenvalue weighted by atomic mass is 35.5. The average Bonchev–Trinajstić information content (AvgIpc) is 2.69. The maximum absolute atomic E-state index is 13.7. The summed E-state index contributed by atoms with van der Waals surface area (Å²) in [5.41, 5.74) is 1.92. The van der Waals surface area contributed by atoms with Crippen LogP contribution in [0.15, 0.2) is 30.3 Å². The molecule has 0 bridgehead atoms. The second-order valence-corrected chi connectivity index (χ2v) is 5.76.